The summed E-state index contributed by atoms with van der Waals surface area (Å²) >= 11 is 0. The zero-order chi connectivity index (χ0) is 15.4. The summed E-state index contributed by atoms with van der Waals surface area (Å²) in [6.07, 6.45) is 2.66. The molecular weight excluding hydrogens is 268 g/mol. The molecule has 1 aromatic carbocycles. The molecule has 5 nitrogen and oxygen atoms in total. The van der Waals surface area contributed by atoms with Crippen LogP contribution < -0.4 is 5.32 Å². The van der Waals surface area contributed by atoms with Crippen molar-refractivity contribution in [3.8, 4) is 0 Å². The summed E-state index contributed by atoms with van der Waals surface area (Å²) in [7, 11) is 0. The maximum Gasteiger partial charge on any atom is 0.326 e. The minimum absolute atomic E-state index is 0.102. The molecule has 1 amide bonds. The number of carbonyl (C=O) groups excluding carboxylic acids is 1. The summed E-state index contributed by atoms with van der Waals surface area (Å²) in [4.78, 5) is 26.4. The number of carbonyl (C=O) groups is 2. The van der Waals surface area contributed by atoms with Gasteiger partial charge in [0.1, 0.15) is 6.04 Å². The highest BCUT2D eigenvalue weighted by molar-refractivity contribution is 5.90. The van der Waals surface area contributed by atoms with E-state index < -0.39 is 12.0 Å². The lowest BCUT2D eigenvalue weighted by molar-refractivity contribution is -0.143. The van der Waals surface area contributed by atoms with Crippen molar-refractivity contribution < 1.29 is 14.7 Å². The molecule has 2 atom stereocenters. The SMILES string of the molecule is CC[C@H](C)[C@@H](NC(=O)Cc1c[nH]c2ccccc12)C(=O)O. The van der Waals surface area contributed by atoms with Gasteiger partial charge in [-0.05, 0) is 17.5 Å². The first-order valence-corrected chi connectivity index (χ1v) is 7.10. The number of rotatable bonds is 6. The van der Waals surface area contributed by atoms with E-state index in [-0.39, 0.29) is 18.2 Å². The number of hydrogen-bond donors (Lipinski definition) is 3. The highest BCUT2D eigenvalue weighted by Crippen LogP contribution is 2.18. The number of aromatic amines is 1. The number of carboxylic acids is 1. The van der Waals surface area contributed by atoms with Gasteiger partial charge in [-0.3, -0.25) is 4.79 Å². The molecule has 2 aromatic rings. The van der Waals surface area contributed by atoms with Crippen LogP contribution >= 0.6 is 0 Å². The summed E-state index contributed by atoms with van der Waals surface area (Å²) in [5, 5.41) is 12.8. The summed E-state index contributed by atoms with van der Waals surface area (Å²) in [5.74, 6) is -1.36. The quantitative estimate of drug-likeness (QED) is 0.763. The Labute approximate surface area is 123 Å². The molecule has 0 aliphatic rings. The van der Waals surface area contributed by atoms with Crippen LogP contribution in [0.2, 0.25) is 0 Å². The molecule has 0 saturated heterocycles. The largest absolute Gasteiger partial charge is 0.480 e. The second-order valence-corrected chi connectivity index (χ2v) is 5.31. The fraction of sp³-hybridized carbons (Fsp3) is 0.375. The van der Waals surface area contributed by atoms with Gasteiger partial charge >= 0.3 is 5.97 Å². The number of aromatic nitrogens is 1. The van der Waals surface area contributed by atoms with Gasteiger partial charge in [-0.15, -0.1) is 0 Å². The average molecular weight is 288 g/mol. The molecule has 5 heteroatoms. The van der Waals surface area contributed by atoms with E-state index in [4.69, 9.17) is 0 Å². The second kappa shape index (κ2) is 6.43. The van der Waals surface area contributed by atoms with Gasteiger partial charge in [-0.1, -0.05) is 38.5 Å². The van der Waals surface area contributed by atoms with Crippen molar-refractivity contribution in [1.82, 2.24) is 10.3 Å². The van der Waals surface area contributed by atoms with Gasteiger partial charge in [-0.2, -0.15) is 0 Å². The molecule has 0 fully saturated rings. The average Bonchev–Trinajstić information content (AvgIpc) is 2.87. The third-order valence-electron chi connectivity index (χ3n) is 3.82. The van der Waals surface area contributed by atoms with Gasteiger partial charge in [0.2, 0.25) is 5.91 Å². The van der Waals surface area contributed by atoms with Crippen molar-refractivity contribution in [3.05, 3.63) is 36.0 Å². The van der Waals surface area contributed by atoms with Gasteiger partial charge in [0.25, 0.3) is 0 Å². The first kappa shape index (κ1) is 15.1. The molecule has 3 N–H and O–H groups in total. The van der Waals surface area contributed by atoms with Crippen LogP contribution in [0, 0.1) is 5.92 Å². The van der Waals surface area contributed by atoms with E-state index in [9.17, 15) is 14.7 Å². The van der Waals surface area contributed by atoms with Crippen LogP contribution in [-0.2, 0) is 16.0 Å². The number of fused-ring (bicyclic) bond motifs is 1. The highest BCUT2D eigenvalue weighted by atomic mass is 16.4. The van der Waals surface area contributed by atoms with Crippen LogP contribution in [0.3, 0.4) is 0 Å². The highest BCUT2D eigenvalue weighted by Gasteiger charge is 2.25. The molecule has 2 rings (SSSR count). The van der Waals surface area contributed by atoms with Crippen molar-refractivity contribution in [3.63, 3.8) is 0 Å². The number of carboxylic acid groups (broad SMARTS) is 1. The predicted octanol–water partition coefficient (Wildman–Crippen LogP) is 2.33. The monoisotopic (exact) mass is 288 g/mol. The molecule has 0 aliphatic carbocycles. The van der Waals surface area contributed by atoms with Crippen molar-refractivity contribution in [2.75, 3.05) is 0 Å². The van der Waals surface area contributed by atoms with Crippen LogP contribution in [0.25, 0.3) is 10.9 Å². The Bertz CT molecular complexity index is 648. The van der Waals surface area contributed by atoms with Gasteiger partial charge in [0.05, 0.1) is 6.42 Å². The lowest BCUT2D eigenvalue weighted by Gasteiger charge is -2.20. The second-order valence-electron chi connectivity index (χ2n) is 5.31. The van der Waals surface area contributed by atoms with E-state index in [0.29, 0.717) is 6.42 Å². The van der Waals surface area contributed by atoms with Gasteiger partial charge in [-0.25, -0.2) is 4.79 Å². The Kier molecular flexibility index (Phi) is 4.62. The van der Waals surface area contributed by atoms with E-state index >= 15 is 0 Å². The smallest absolute Gasteiger partial charge is 0.326 e. The van der Waals surface area contributed by atoms with Crippen LogP contribution in [0.5, 0.6) is 0 Å². The molecule has 21 heavy (non-hydrogen) atoms. The standard InChI is InChI=1S/C16H20N2O3/c1-3-10(2)15(16(20)21)18-14(19)8-11-9-17-13-7-5-4-6-12(11)13/h4-7,9-10,15,17H,3,8H2,1-2H3,(H,18,19)(H,20,21)/t10-,15+/m0/s1. The molecule has 0 aliphatic heterocycles. The fourth-order valence-electron chi connectivity index (χ4n) is 2.36. The molecular formula is C16H20N2O3. The van der Waals surface area contributed by atoms with E-state index in [1.165, 1.54) is 0 Å². The Morgan fingerprint density at radius 3 is 2.71 bits per heavy atom. The summed E-state index contributed by atoms with van der Waals surface area (Å²) in [5.41, 5.74) is 1.84. The summed E-state index contributed by atoms with van der Waals surface area (Å²) in [6, 6.07) is 6.88. The van der Waals surface area contributed by atoms with Gasteiger partial charge in [0.15, 0.2) is 0 Å². The maximum absolute atomic E-state index is 12.1. The number of nitrogens with one attached hydrogen (secondary N) is 2. The minimum atomic E-state index is -0.989. The fourth-order valence-corrected chi connectivity index (χ4v) is 2.36. The van der Waals surface area contributed by atoms with Crippen molar-refractivity contribution in [2.45, 2.75) is 32.7 Å². The predicted molar refractivity (Wildman–Crippen MR) is 81.0 cm³/mol. The number of benzene rings is 1. The van der Waals surface area contributed by atoms with Gasteiger partial charge < -0.3 is 15.4 Å². The Morgan fingerprint density at radius 1 is 1.33 bits per heavy atom. The third-order valence-corrected chi connectivity index (χ3v) is 3.82. The van der Waals surface area contributed by atoms with Crippen molar-refractivity contribution in [2.24, 2.45) is 5.92 Å². The molecule has 1 heterocycles. The number of aliphatic carboxylic acids is 1. The summed E-state index contributed by atoms with van der Waals surface area (Å²) in [6.45, 7) is 3.73. The third kappa shape index (κ3) is 3.42. The van der Waals surface area contributed by atoms with Crippen molar-refractivity contribution in [1.29, 1.82) is 0 Å². The lowest BCUT2D eigenvalue weighted by atomic mass is 9.99. The van der Waals surface area contributed by atoms with Crippen LogP contribution in [0.15, 0.2) is 30.5 Å². The molecule has 1 aromatic heterocycles. The number of para-hydroxylation sites is 1. The maximum atomic E-state index is 12.1. The number of hydrogen-bond acceptors (Lipinski definition) is 2. The Morgan fingerprint density at radius 2 is 2.05 bits per heavy atom. The van der Waals surface area contributed by atoms with E-state index in [2.05, 4.69) is 10.3 Å². The van der Waals surface area contributed by atoms with Crippen LogP contribution in [0.4, 0.5) is 0 Å². The first-order chi connectivity index (χ1) is 10.0. The summed E-state index contributed by atoms with van der Waals surface area (Å²) < 4.78 is 0. The Balaban J connectivity index is 2.09. The normalized spacial score (nSPS) is 13.8. The molecule has 0 radical (unpaired) electrons. The zero-order valence-electron chi connectivity index (χ0n) is 12.2. The molecule has 112 valence electrons. The number of H-pyrrole nitrogens is 1. The van der Waals surface area contributed by atoms with Crippen molar-refractivity contribution >= 4 is 22.8 Å². The molecule has 0 unspecified atom stereocenters. The first-order valence-electron chi connectivity index (χ1n) is 7.10. The lowest BCUT2D eigenvalue weighted by Crippen LogP contribution is -2.45. The molecule has 0 saturated carbocycles. The number of amides is 1. The van der Waals surface area contributed by atoms with E-state index in [1.807, 2.05) is 38.1 Å². The zero-order valence-corrected chi connectivity index (χ0v) is 12.2. The minimum Gasteiger partial charge on any atom is -0.480 e. The Hall–Kier alpha value is -2.30. The van der Waals surface area contributed by atoms with E-state index in [1.54, 1.807) is 6.20 Å². The molecule has 0 spiro atoms. The van der Waals surface area contributed by atoms with Crippen LogP contribution in [-0.4, -0.2) is 28.0 Å². The van der Waals surface area contributed by atoms with Crippen LogP contribution in [0.1, 0.15) is 25.8 Å². The molecule has 0 bridgehead atoms. The van der Waals surface area contributed by atoms with Gasteiger partial charge in [0, 0.05) is 17.1 Å². The topological polar surface area (TPSA) is 82.2 Å². The van der Waals surface area contributed by atoms with E-state index in [0.717, 1.165) is 16.5 Å².